The average Bonchev–Trinajstić information content (AvgIpc) is 2.49. The van der Waals surface area contributed by atoms with E-state index in [1.54, 1.807) is 0 Å². The first-order valence-electron chi connectivity index (χ1n) is 7.24. The summed E-state index contributed by atoms with van der Waals surface area (Å²) in [6.07, 6.45) is 1.65. The van der Waals surface area contributed by atoms with E-state index in [0.29, 0.717) is 6.54 Å². The van der Waals surface area contributed by atoms with Crippen LogP contribution in [0.25, 0.3) is 0 Å². The summed E-state index contributed by atoms with van der Waals surface area (Å²) in [6, 6.07) is 20.1. The molecule has 0 aliphatic rings. The molecule has 0 heterocycles. The fraction of sp³-hybridized carbons (Fsp3) is 0.278. The summed E-state index contributed by atoms with van der Waals surface area (Å²) in [4.78, 5) is 11.0. The lowest BCUT2D eigenvalue weighted by Crippen LogP contribution is -2.28. The first-order chi connectivity index (χ1) is 10.2. The van der Waals surface area contributed by atoms with E-state index in [-0.39, 0.29) is 12.0 Å². The number of hydrogen-bond donors (Lipinski definition) is 1. The third kappa shape index (κ3) is 5.69. The van der Waals surface area contributed by atoms with Crippen LogP contribution in [0.4, 0.5) is 0 Å². The van der Waals surface area contributed by atoms with Crippen molar-refractivity contribution < 1.29 is 9.53 Å². The van der Waals surface area contributed by atoms with E-state index in [0.717, 1.165) is 18.6 Å². The summed E-state index contributed by atoms with van der Waals surface area (Å²) >= 11 is 0. The zero-order valence-electron chi connectivity index (χ0n) is 12.3. The third-order valence-corrected chi connectivity index (χ3v) is 3.19. The number of hydrogen-bond acceptors (Lipinski definition) is 2. The van der Waals surface area contributed by atoms with Gasteiger partial charge in [0.1, 0.15) is 11.9 Å². The molecule has 0 radical (unpaired) electrons. The molecule has 1 atom stereocenters. The molecule has 0 saturated carbocycles. The Morgan fingerprint density at radius 1 is 1.05 bits per heavy atom. The van der Waals surface area contributed by atoms with Gasteiger partial charge >= 0.3 is 0 Å². The topological polar surface area (TPSA) is 38.3 Å². The van der Waals surface area contributed by atoms with Crippen LogP contribution in [0.5, 0.6) is 5.75 Å². The zero-order chi connectivity index (χ0) is 14.9. The fourth-order valence-corrected chi connectivity index (χ4v) is 2.18. The molecule has 21 heavy (non-hydrogen) atoms. The van der Waals surface area contributed by atoms with Crippen molar-refractivity contribution in [3.05, 3.63) is 66.2 Å². The quantitative estimate of drug-likeness (QED) is 0.847. The molecule has 1 N–H and O–H groups in total. The molecule has 1 unspecified atom stereocenters. The SMILES string of the molecule is CC(=O)NCCC(Cc1ccccc1)Oc1ccccc1. The van der Waals surface area contributed by atoms with Crippen LogP contribution in [-0.2, 0) is 11.2 Å². The van der Waals surface area contributed by atoms with Crippen LogP contribution >= 0.6 is 0 Å². The maximum atomic E-state index is 11.0. The molecule has 0 spiro atoms. The van der Waals surface area contributed by atoms with E-state index in [1.165, 1.54) is 12.5 Å². The Bertz CT molecular complexity index is 498. The number of rotatable bonds is 7. The van der Waals surface area contributed by atoms with E-state index in [4.69, 9.17) is 4.74 Å². The molecule has 1 amide bonds. The minimum Gasteiger partial charge on any atom is -0.490 e. The van der Waals surface area contributed by atoms with E-state index >= 15 is 0 Å². The van der Waals surface area contributed by atoms with Crippen LogP contribution in [0.2, 0.25) is 0 Å². The lowest BCUT2D eigenvalue weighted by molar-refractivity contribution is -0.119. The lowest BCUT2D eigenvalue weighted by atomic mass is 10.1. The summed E-state index contributed by atoms with van der Waals surface area (Å²) in [7, 11) is 0. The number of carbonyl (C=O) groups is 1. The van der Waals surface area contributed by atoms with Crippen LogP contribution in [0.3, 0.4) is 0 Å². The molecule has 2 rings (SSSR count). The Kier molecular flexibility index (Phi) is 5.83. The Hall–Kier alpha value is -2.29. The summed E-state index contributed by atoms with van der Waals surface area (Å²) in [5.41, 5.74) is 1.24. The highest BCUT2D eigenvalue weighted by Crippen LogP contribution is 2.15. The largest absolute Gasteiger partial charge is 0.490 e. The van der Waals surface area contributed by atoms with Crippen molar-refractivity contribution in [1.29, 1.82) is 0 Å². The Balaban J connectivity index is 1.97. The molecule has 0 aliphatic carbocycles. The summed E-state index contributed by atoms with van der Waals surface area (Å²) in [6.45, 7) is 2.16. The highest BCUT2D eigenvalue weighted by Gasteiger charge is 2.12. The Morgan fingerprint density at radius 3 is 2.29 bits per heavy atom. The van der Waals surface area contributed by atoms with Crippen LogP contribution in [0, 0.1) is 0 Å². The van der Waals surface area contributed by atoms with Gasteiger partial charge in [-0.2, -0.15) is 0 Å². The van der Waals surface area contributed by atoms with E-state index in [9.17, 15) is 4.79 Å². The lowest BCUT2D eigenvalue weighted by Gasteiger charge is -2.19. The van der Waals surface area contributed by atoms with Gasteiger partial charge in [0.05, 0.1) is 0 Å². The van der Waals surface area contributed by atoms with Gasteiger partial charge in [0, 0.05) is 26.3 Å². The molecule has 0 fully saturated rings. The van der Waals surface area contributed by atoms with E-state index in [1.807, 2.05) is 48.5 Å². The third-order valence-electron chi connectivity index (χ3n) is 3.19. The van der Waals surface area contributed by atoms with Gasteiger partial charge in [-0.15, -0.1) is 0 Å². The van der Waals surface area contributed by atoms with Crippen molar-refractivity contribution in [3.63, 3.8) is 0 Å². The average molecular weight is 283 g/mol. The number of amides is 1. The van der Waals surface area contributed by atoms with Gasteiger partial charge in [-0.3, -0.25) is 4.79 Å². The molecule has 0 aromatic heterocycles. The van der Waals surface area contributed by atoms with Crippen molar-refractivity contribution in [2.45, 2.75) is 25.9 Å². The zero-order valence-corrected chi connectivity index (χ0v) is 12.3. The predicted octanol–water partition coefficient (Wildman–Crippen LogP) is 3.20. The second-order valence-corrected chi connectivity index (χ2v) is 5.01. The second-order valence-electron chi connectivity index (χ2n) is 5.01. The highest BCUT2D eigenvalue weighted by atomic mass is 16.5. The van der Waals surface area contributed by atoms with Crippen molar-refractivity contribution in [2.24, 2.45) is 0 Å². The standard InChI is InChI=1S/C18H21NO2/c1-15(20)19-13-12-18(14-16-8-4-2-5-9-16)21-17-10-6-3-7-11-17/h2-11,18H,12-14H2,1H3,(H,19,20). The van der Waals surface area contributed by atoms with Gasteiger partial charge < -0.3 is 10.1 Å². The first kappa shape index (κ1) is 15.1. The van der Waals surface area contributed by atoms with Crippen LogP contribution in [0.15, 0.2) is 60.7 Å². The first-order valence-corrected chi connectivity index (χ1v) is 7.24. The molecule has 2 aromatic rings. The molecule has 0 aliphatic heterocycles. The monoisotopic (exact) mass is 283 g/mol. The van der Waals surface area contributed by atoms with Crippen molar-refractivity contribution in [2.75, 3.05) is 6.54 Å². The molecule has 3 heteroatoms. The summed E-state index contributed by atoms with van der Waals surface area (Å²) < 4.78 is 6.05. The fourth-order valence-electron chi connectivity index (χ4n) is 2.18. The number of ether oxygens (including phenoxy) is 1. The van der Waals surface area contributed by atoms with Gasteiger partial charge in [-0.1, -0.05) is 48.5 Å². The summed E-state index contributed by atoms with van der Waals surface area (Å²) in [5, 5.41) is 2.83. The molecular formula is C18H21NO2. The van der Waals surface area contributed by atoms with Gasteiger partial charge in [0.15, 0.2) is 0 Å². The maximum Gasteiger partial charge on any atom is 0.216 e. The Labute approximate surface area is 126 Å². The number of nitrogens with one attached hydrogen (secondary N) is 1. The molecule has 0 bridgehead atoms. The normalized spacial score (nSPS) is 11.7. The predicted molar refractivity (Wildman–Crippen MR) is 84.3 cm³/mol. The van der Waals surface area contributed by atoms with Gasteiger partial charge in [0.2, 0.25) is 5.91 Å². The van der Waals surface area contributed by atoms with Gasteiger partial charge in [-0.25, -0.2) is 0 Å². The maximum absolute atomic E-state index is 11.0. The van der Waals surface area contributed by atoms with Crippen LogP contribution in [0.1, 0.15) is 18.9 Å². The molecule has 0 saturated heterocycles. The van der Waals surface area contributed by atoms with Crippen LogP contribution in [-0.4, -0.2) is 18.6 Å². The van der Waals surface area contributed by atoms with Crippen LogP contribution < -0.4 is 10.1 Å². The molecular weight excluding hydrogens is 262 g/mol. The van der Waals surface area contributed by atoms with Crippen molar-refractivity contribution in [1.82, 2.24) is 5.32 Å². The summed E-state index contributed by atoms with van der Waals surface area (Å²) in [5.74, 6) is 0.856. The number of benzene rings is 2. The highest BCUT2D eigenvalue weighted by molar-refractivity contribution is 5.72. The smallest absolute Gasteiger partial charge is 0.216 e. The van der Waals surface area contributed by atoms with Crippen molar-refractivity contribution in [3.8, 4) is 5.75 Å². The van der Waals surface area contributed by atoms with Gasteiger partial charge in [-0.05, 0) is 17.7 Å². The van der Waals surface area contributed by atoms with Crippen molar-refractivity contribution >= 4 is 5.91 Å². The molecule has 110 valence electrons. The molecule has 3 nitrogen and oxygen atoms in total. The van der Waals surface area contributed by atoms with E-state index in [2.05, 4.69) is 17.4 Å². The minimum absolute atomic E-state index is 0.00632. The van der Waals surface area contributed by atoms with E-state index < -0.39 is 0 Å². The van der Waals surface area contributed by atoms with Gasteiger partial charge in [0.25, 0.3) is 0 Å². The number of carbonyl (C=O) groups excluding carboxylic acids is 1. The minimum atomic E-state index is -0.00632. The number of para-hydroxylation sites is 1. The Morgan fingerprint density at radius 2 is 1.67 bits per heavy atom. The second kappa shape index (κ2) is 8.10. The molecule has 2 aromatic carbocycles.